The van der Waals surface area contributed by atoms with Crippen LogP contribution in [0, 0.1) is 0 Å². The second-order valence-electron chi connectivity index (χ2n) is 6.76. The molecule has 0 bridgehead atoms. The Morgan fingerprint density at radius 2 is 1.64 bits per heavy atom. The van der Waals surface area contributed by atoms with Crippen molar-refractivity contribution >= 4 is 38.9 Å². The molecule has 7 heteroatoms. The number of sulfonamides is 1. The van der Waals surface area contributed by atoms with Gasteiger partial charge in [0, 0.05) is 6.92 Å². The van der Waals surface area contributed by atoms with E-state index in [4.69, 9.17) is 11.6 Å². The van der Waals surface area contributed by atoms with Gasteiger partial charge in [-0.15, -0.1) is 0 Å². The van der Waals surface area contributed by atoms with Crippen molar-refractivity contribution in [3.05, 3.63) is 53.1 Å². The van der Waals surface area contributed by atoms with Gasteiger partial charge in [-0.05, 0) is 41.3 Å². The zero-order chi connectivity index (χ0) is 18.8. The Morgan fingerprint density at radius 1 is 1.04 bits per heavy atom. The summed E-state index contributed by atoms with van der Waals surface area (Å²) in [7, 11) is -3.72. The molecular weight excluding hydrogens is 360 g/mol. The van der Waals surface area contributed by atoms with Crippen molar-refractivity contribution in [1.29, 1.82) is 0 Å². The molecule has 0 saturated heterocycles. The number of hydrogen-bond acceptors (Lipinski definition) is 3. The van der Waals surface area contributed by atoms with Gasteiger partial charge in [0.15, 0.2) is 0 Å². The fourth-order valence-corrected chi connectivity index (χ4v) is 3.50. The summed E-state index contributed by atoms with van der Waals surface area (Å²) in [6, 6.07) is 11.3. The Bertz CT molecular complexity index is 886. The number of carbonyl (C=O) groups excluding carboxylic acids is 1. The van der Waals surface area contributed by atoms with Gasteiger partial charge >= 0.3 is 0 Å². The molecule has 0 unspecified atom stereocenters. The molecule has 0 aliphatic rings. The van der Waals surface area contributed by atoms with Crippen LogP contribution in [0.5, 0.6) is 0 Å². The predicted octanol–water partition coefficient (Wildman–Crippen LogP) is 4.40. The minimum atomic E-state index is -3.72. The highest BCUT2D eigenvalue weighted by Gasteiger charge is 2.18. The minimum absolute atomic E-state index is 0.0528. The third kappa shape index (κ3) is 4.96. The molecule has 0 aromatic heterocycles. The molecule has 2 aromatic carbocycles. The number of rotatable bonds is 4. The second-order valence-corrected chi connectivity index (χ2v) is 8.85. The quantitative estimate of drug-likeness (QED) is 0.825. The normalized spacial score (nSPS) is 11.9. The first-order chi connectivity index (χ1) is 11.5. The predicted molar refractivity (Wildman–Crippen MR) is 102 cm³/mol. The standard InChI is InChI=1S/C18H21ClN2O3S/c1-12(22)20-17-10-7-14(11-16(17)19)21-25(23,24)15-8-5-13(6-9-15)18(2,3)4/h5-11,21H,1-4H3,(H,20,22). The van der Waals surface area contributed by atoms with E-state index in [1.807, 2.05) is 0 Å². The summed E-state index contributed by atoms with van der Waals surface area (Å²) in [5, 5.41) is 2.82. The van der Waals surface area contributed by atoms with Crippen molar-refractivity contribution < 1.29 is 13.2 Å². The number of hydrogen-bond donors (Lipinski definition) is 2. The van der Waals surface area contributed by atoms with Crippen LogP contribution in [0.15, 0.2) is 47.4 Å². The molecule has 0 fully saturated rings. The van der Waals surface area contributed by atoms with E-state index < -0.39 is 10.0 Å². The van der Waals surface area contributed by atoms with Crippen LogP contribution in [0.1, 0.15) is 33.3 Å². The van der Waals surface area contributed by atoms with Crippen molar-refractivity contribution in [3.63, 3.8) is 0 Å². The first-order valence-corrected chi connectivity index (χ1v) is 9.56. The summed E-state index contributed by atoms with van der Waals surface area (Å²) in [5.74, 6) is -0.255. The molecule has 2 N–H and O–H groups in total. The minimum Gasteiger partial charge on any atom is -0.325 e. The third-order valence-electron chi connectivity index (χ3n) is 3.56. The summed E-state index contributed by atoms with van der Waals surface area (Å²) in [5.41, 5.74) is 1.74. The molecule has 5 nitrogen and oxygen atoms in total. The average molecular weight is 381 g/mol. The van der Waals surface area contributed by atoms with E-state index in [1.54, 1.807) is 30.3 Å². The van der Waals surface area contributed by atoms with Crippen LogP contribution >= 0.6 is 11.6 Å². The average Bonchev–Trinajstić information content (AvgIpc) is 2.48. The van der Waals surface area contributed by atoms with Crippen LogP contribution < -0.4 is 10.0 Å². The van der Waals surface area contributed by atoms with Gasteiger partial charge in [-0.1, -0.05) is 44.5 Å². The zero-order valence-corrected chi connectivity index (χ0v) is 16.1. The summed E-state index contributed by atoms with van der Waals surface area (Å²) in [6.07, 6.45) is 0. The smallest absolute Gasteiger partial charge is 0.261 e. The number of halogens is 1. The molecule has 0 aliphatic heterocycles. The third-order valence-corrected chi connectivity index (χ3v) is 5.27. The molecule has 0 saturated carbocycles. The maximum atomic E-state index is 12.5. The second kappa shape index (κ2) is 7.06. The van der Waals surface area contributed by atoms with Crippen molar-refractivity contribution in [1.82, 2.24) is 0 Å². The largest absolute Gasteiger partial charge is 0.325 e. The molecule has 0 radical (unpaired) electrons. The van der Waals surface area contributed by atoms with Gasteiger partial charge in [-0.3, -0.25) is 9.52 Å². The first kappa shape index (κ1) is 19.3. The van der Waals surface area contributed by atoms with Gasteiger partial charge in [0.2, 0.25) is 5.91 Å². The fraction of sp³-hybridized carbons (Fsp3) is 0.278. The number of carbonyl (C=O) groups is 1. The van der Waals surface area contributed by atoms with Gasteiger partial charge in [0.25, 0.3) is 10.0 Å². The molecule has 0 aliphatic carbocycles. The molecule has 25 heavy (non-hydrogen) atoms. The number of amides is 1. The summed E-state index contributed by atoms with van der Waals surface area (Å²) >= 11 is 6.07. The van der Waals surface area contributed by atoms with Crippen LogP contribution in [0.2, 0.25) is 5.02 Å². The van der Waals surface area contributed by atoms with E-state index in [9.17, 15) is 13.2 Å². The lowest BCUT2D eigenvalue weighted by molar-refractivity contribution is -0.114. The topological polar surface area (TPSA) is 75.3 Å². The van der Waals surface area contributed by atoms with Crippen molar-refractivity contribution in [3.8, 4) is 0 Å². The Balaban J connectivity index is 2.24. The summed E-state index contributed by atoms with van der Waals surface area (Å²) < 4.78 is 27.5. The molecular formula is C18H21ClN2O3S. The molecule has 2 rings (SSSR count). The highest BCUT2D eigenvalue weighted by molar-refractivity contribution is 7.92. The van der Waals surface area contributed by atoms with Crippen LogP contribution in [-0.4, -0.2) is 14.3 Å². The van der Waals surface area contributed by atoms with E-state index in [0.717, 1.165) is 5.56 Å². The Labute approximate surface area is 153 Å². The molecule has 0 atom stereocenters. The van der Waals surface area contributed by atoms with E-state index in [-0.39, 0.29) is 21.2 Å². The SMILES string of the molecule is CC(=O)Nc1ccc(NS(=O)(=O)c2ccc(C(C)(C)C)cc2)cc1Cl. The van der Waals surface area contributed by atoms with Gasteiger partial charge < -0.3 is 5.32 Å². The van der Waals surface area contributed by atoms with Gasteiger partial charge in [0.1, 0.15) is 0 Å². The first-order valence-electron chi connectivity index (χ1n) is 7.69. The molecule has 134 valence electrons. The summed E-state index contributed by atoms with van der Waals surface area (Å²) in [6.45, 7) is 7.56. The highest BCUT2D eigenvalue weighted by atomic mass is 35.5. The van der Waals surface area contributed by atoms with E-state index in [2.05, 4.69) is 30.8 Å². The van der Waals surface area contributed by atoms with Crippen LogP contribution in [0.25, 0.3) is 0 Å². The van der Waals surface area contributed by atoms with Gasteiger partial charge in [0.05, 0.1) is 21.3 Å². The molecule has 0 heterocycles. The van der Waals surface area contributed by atoms with Crippen molar-refractivity contribution in [2.75, 3.05) is 10.0 Å². The lowest BCUT2D eigenvalue weighted by Gasteiger charge is -2.19. The molecule has 0 spiro atoms. The van der Waals surface area contributed by atoms with Crippen LogP contribution in [-0.2, 0) is 20.2 Å². The van der Waals surface area contributed by atoms with Crippen LogP contribution in [0.4, 0.5) is 11.4 Å². The van der Waals surface area contributed by atoms with Gasteiger partial charge in [-0.25, -0.2) is 8.42 Å². The molecule has 1 amide bonds. The molecule has 2 aromatic rings. The maximum absolute atomic E-state index is 12.5. The zero-order valence-electron chi connectivity index (χ0n) is 14.6. The van der Waals surface area contributed by atoms with E-state index in [0.29, 0.717) is 11.4 Å². The Kier molecular flexibility index (Phi) is 5.44. The van der Waals surface area contributed by atoms with Crippen LogP contribution in [0.3, 0.4) is 0 Å². The Morgan fingerprint density at radius 3 is 2.12 bits per heavy atom. The number of benzene rings is 2. The van der Waals surface area contributed by atoms with E-state index >= 15 is 0 Å². The lowest BCUT2D eigenvalue weighted by Crippen LogP contribution is -2.15. The fourth-order valence-electron chi connectivity index (χ4n) is 2.22. The van der Waals surface area contributed by atoms with Crippen molar-refractivity contribution in [2.24, 2.45) is 0 Å². The summed E-state index contributed by atoms with van der Waals surface area (Å²) in [4.78, 5) is 11.2. The monoisotopic (exact) mass is 380 g/mol. The van der Waals surface area contributed by atoms with E-state index in [1.165, 1.54) is 19.1 Å². The highest BCUT2D eigenvalue weighted by Crippen LogP contribution is 2.28. The van der Waals surface area contributed by atoms with Gasteiger partial charge in [-0.2, -0.15) is 0 Å². The maximum Gasteiger partial charge on any atom is 0.261 e. The number of nitrogens with one attached hydrogen (secondary N) is 2. The Hall–Kier alpha value is -2.05. The number of anilines is 2. The van der Waals surface area contributed by atoms with Crippen molar-refractivity contribution in [2.45, 2.75) is 38.0 Å². The lowest BCUT2D eigenvalue weighted by atomic mass is 9.87.